The van der Waals surface area contributed by atoms with Gasteiger partial charge in [-0.25, -0.2) is 0 Å². The van der Waals surface area contributed by atoms with Crippen LogP contribution >= 0.6 is 23.1 Å². The van der Waals surface area contributed by atoms with Crippen molar-refractivity contribution in [2.24, 2.45) is 5.73 Å². The lowest BCUT2D eigenvalue weighted by Crippen LogP contribution is -2.32. The maximum Gasteiger partial charge on any atom is 0.261 e. The van der Waals surface area contributed by atoms with Crippen LogP contribution in [0.2, 0.25) is 0 Å². The highest BCUT2D eigenvalue weighted by molar-refractivity contribution is 7.99. The number of amides is 1. The molecule has 108 valence electrons. The predicted octanol–water partition coefficient (Wildman–Crippen LogP) is 2.46. The van der Waals surface area contributed by atoms with E-state index in [2.05, 4.69) is 24.1 Å². The van der Waals surface area contributed by atoms with Crippen LogP contribution in [0.4, 0.5) is 0 Å². The largest absolute Gasteiger partial charge is 0.349 e. The third kappa shape index (κ3) is 4.27. The monoisotopic (exact) mass is 308 g/mol. The smallest absolute Gasteiger partial charge is 0.261 e. The Labute approximate surface area is 128 Å². The van der Waals surface area contributed by atoms with Crippen LogP contribution in [0.1, 0.15) is 40.7 Å². The second kappa shape index (κ2) is 7.72. The topological polar surface area (TPSA) is 55.1 Å². The summed E-state index contributed by atoms with van der Waals surface area (Å²) >= 11 is 3.43. The number of thioether (sulfide) groups is 1. The number of thiophene rings is 1. The molecule has 0 aromatic carbocycles. The Hall–Kier alpha value is -0.960. The first-order chi connectivity index (χ1) is 9.72. The quantitative estimate of drug-likeness (QED) is 0.840. The van der Waals surface area contributed by atoms with Gasteiger partial charge in [0.25, 0.3) is 5.91 Å². The lowest BCUT2D eigenvalue weighted by Gasteiger charge is -2.12. The molecule has 2 unspecified atom stereocenters. The van der Waals surface area contributed by atoms with Crippen LogP contribution in [0.5, 0.6) is 0 Å². The number of hydrogen-bond acceptors (Lipinski definition) is 4. The highest BCUT2D eigenvalue weighted by Crippen LogP contribution is 2.30. The third-order valence-electron chi connectivity index (χ3n) is 3.27. The summed E-state index contributed by atoms with van der Waals surface area (Å²) in [5.41, 5.74) is 5.34. The standard InChI is InChI=1S/C15H20N2OS2/c1-2-19-13-6-5-11(10-13)17-15(18)14-8-7-12(20-14)4-3-9-16/h7-8,11,13H,2,5-6,9-10,16H2,1H3,(H,17,18). The average Bonchev–Trinajstić information content (AvgIpc) is 3.06. The molecule has 2 rings (SSSR count). The first kappa shape index (κ1) is 15.4. The van der Waals surface area contributed by atoms with Crippen molar-refractivity contribution in [3.63, 3.8) is 0 Å². The van der Waals surface area contributed by atoms with Crippen molar-refractivity contribution in [3.8, 4) is 11.8 Å². The van der Waals surface area contributed by atoms with Crippen molar-refractivity contribution in [3.05, 3.63) is 21.9 Å². The van der Waals surface area contributed by atoms with Crippen molar-refractivity contribution in [1.82, 2.24) is 5.32 Å². The summed E-state index contributed by atoms with van der Waals surface area (Å²) in [7, 11) is 0. The number of nitrogens with two attached hydrogens (primary N) is 1. The van der Waals surface area contributed by atoms with Gasteiger partial charge in [0.05, 0.1) is 16.3 Å². The van der Waals surface area contributed by atoms with Gasteiger partial charge in [-0.3, -0.25) is 4.79 Å². The molecular weight excluding hydrogens is 288 g/mol. The minimum absolute atomic E-state index is 0.0305. The minimum Gasteiger partial charge on any atom is -0.349 e. The molecule has 1 saturated carbocycles. The van der Waals surface area contributed by atoms with Gasteiger partial charge in [-0.15, -0.1) is 11.3 Å². The van der Waals surface area contributed by atoms with E-state index in [9.17, 15) is 4.79 Å². The number of carbonyl (C=O) groups excluding carboxylic acids is 1. The maximum absolute atomic E-state index is 12.2. The predicted molar refractivity (Wildman–Crippen MR) is 87.3 cm³/mol. The van der Waals surface area contributed by atoms with E-state index in [1.165, 1.54) is 17.8 Å². The Kier molecular flexibility index (Phi) is 5.96. The highest BCUT2D eigenvalue weighted by Gasteiger charge is 2.26. The molecule has 1 aliphatic carbocycles. The molecule has 3 nitrogen and oxygen atoms in total. The van der Waals surface area contributed by atoms with Gasteiger partial charge in [-0.05, 0) is 37.1 Å². The van der Waals surface area contributed by atoms with Crippen molar-refractivity contribution in [1.29, 1.82) is 0 Å². The molecule has 5 heteroatoms. The van der Waals surface area contributed by atoms with Crippen LogP contribution in [0.25, 0.3) is 0 Å². The summed E-state index contributed by atoms with van der Waals surface area (Å²) in [6.07, 6.45) is 3.39. The number of carbonyl (C=O) groups is 1. The molecule has 1 heterocycles. The zero-order chi connectivity index (χ0) is 14.4. The number of rotatable bonds is 4. The van der Waals surface area contributed by atoms with Gasteiger partial charge in [0.2, 0.25) is 0 Å². The Bertz CT molecular complexity index is 515. The Morgan fingerprint density at radius 1 is 1.55 bits per heavy atom. The number of nitrogens with one attached hydrogen (secondary N) is 1. The Morgan fingerprint density at radius 3 is 3.15 bits per heavy atom. The fourth-order valence-corrected chi connectivity index (χ4v) is 4.31. The molecule has 0 radical (unpaired) electrons. The van der Waals surface area contributed by atoms with Gasteiger partial charge in [-0.2, -0.15) is 11.8 Å². The lowest BCUT2D eigenvalue weighted by molar-refractivity contribution is 0.0942. The molecule has 0 aliphatic heterocycles. The average molecular weight is 308 g/mol. The van der Waals surface area contributed by atoms with Crippen LogP contribution < -0.4 is 11.1 Å². The normalized spacial score (nSPS) is 21.3. The summed E-state index contributed by atoms with van der Waals surface area (Å²) < 4.78 is 0. The van der Waals surface area contributed by atoms with Gasteiger partial charge in [0.15, 0.2) is 0 Å². The van der Waals surface area contributed by atoms with Crippen molar-refractivity contribution in [2.75, 3.05) is 12.3 Å². The summed E-state index contributed by atoms with van der Waals surface area (Å²) in [5.74, 6) is 6.94. The van der Waals surface area contributed by atoms with Crippen LogP contribution in [0.15, 0.2) is 12.1 Å². The minimum atomic E-state index is 0.0305. The van der Waals surface area contributed by atoms with Crippen molar-refractivity contribution < 1.29 is 4.79 Å². The molecular formula is C15H20N2OS2. The number of hydrogen-bond donors (Lipinski definition) is 2. The van der Waals surface area contributed by atoms with Crippen molar-refractivity contribution in [2.45, 2.75) is 37.5 Å². The second-order valence-electron chi connectivity index (χ2n) is 4.73. The Balaban J connectivity index is 1.87. The zero-order valence-electron chi connectivity index (χ0n) is 11.6. The Morgan fingerprint density at radius 2 is 2.40 bits per heavy atom. The van der Waals surface area contributed by atoms with Gasteiger partial charge in [0, 0.05) is 11.3 Å². The van der Waals surface area contributed by atoms with Crippen LogP contribution in [0, 0.1) is 11.8 Å². The first-order valence-electron chi connectivity index (χ1n) is 6.94. The maximum atomic E-state index is 12.2. The molecule has 0 saturated heterocycles. The summed E-state index contributed by atoms with van der Waals surface area (Å²) in [6, 6.07) is 4.05. The summed E-state index contributed by atoms with van der Waals surface area (Å²) in [5, 5.41) is 3.85. The molecule has 1 amide bonds. The summed E-state index contributed by atoms with van der Waals surface area (Å²) in [4.78, 5) is 13.8. The van der Waals surface area contributed by atoms with Gasteiger partial charge < -0.3 is 11.1 Å². The molecule has 20 heavy (non-hydrogen) atoms. The van der Waals surface area contributed by atoms with E-state index in [0.717, 1.165) is 28.3 Å². The van der Waals surface area contributed by atoms with E-state index >= 15 is 0 Å². The molecule has 0 bridgehead atoms. The molecule has 0 spiro atoms. The van der Waals surface area contributed by atoms with Crippen LogP contribution in [-0.4, -0.2) is 29.5 Å². The lowest BCUT2D eigenvalue weighted by atomic mass is 10.2. The highest BCUT2D eigenvalue weighted by atomic mass is 32.2. The van der Waals surface area contributed by atoms with Gasteiger partial charge in [0.1, 0.15) is 0 Å². The molecule has 1 aromatic heterocycles. The first-order valence-corrected chi connectivity index (χ1v) is 8.80. The zero-order valence-corrected chi connectivity index (χ0v) is 13.3. The van der Waals surface area contributed by atoms with Crippen LogP contribution in [-0.2, 0) is 0 Å². The van der Waals surface area contributed by atoms with E-state index in [4.69, 9.17) is 5.73 Å². The SMILES string of the molecule is CCSC1CCC(NC(=O)c2ccc(C#CCN)s2)C1. The molecule has 2 atom stereocenters. The fraction of sp³-hybridized carbons (Fsp3) is 0.533. The van der Waals surface area contributed by atoms with E-state index < -0.39 is 0 Å². The van der Waals surface area contributed by atoms with Crippen LogP contribution in [0.3, 0.4) is 0 Å². The fourth-order valence-electron chi connectivity index (χ4n) is 2.38. The molecule has 3 N–H and O–H groups in total. The van der Waals surface area contributed by atoms with E-state index in [1.54, 1.807) is 0 Å². The summed E-state index contributed by atoms with van der Waals surface area (Å²) in [6.45, 7) is 2.53. The third-order valence-corrected chi connectivity index (χ3v) is 5.50. The van der Waals surface area contributed by atoms with E-state index in [0.29, 0.717) is 17.8 Å². The van der Waals surface area contributed by atoms with Gasteiger partial charge >= 0.3 is 0 Å². The van der Waals surface area contributed by atoms with E-state index in [1.807, 2.05) is 23.9 Å². The second-order valence-corrected chi connectivity index (χ2v) is 7.39. The van der Waals surface area contributed by atoms with Gasteiger partial charge in [-0.1, -0.05) is 18.8 Å². The van der Waals surface area contributed by atoms with E-state index in [-0.39, 0.29) is 5.91 Å². The molecule has 1 aromatic rings. The molecule has 1 aliphatic rings. The van der Waals surface area contributed by atoms with Crippen molar-refractivity contribution >= 4 is 29.0 Å². The molecule has 1 fully saturated rings.